The number of imidazole rings is 1. The van der Waals surface area contributed by atoms with E-state index in [0.717, 1.165) is 36.8 Å². The highest BCUT2D eigenvalue weighted by Gasteiger charge is 2.29. The predicted molar refractivity (Wildman–Crippen MR) is 126 cm³/mol. The summed E-state index contributed by atoms with van der Waals surface area (Å²) >= 11 is 0. The van der Waals surface area contributed by atoms with Crippen LogP contribution in [0.25, 0.3) is 27.7 Å². The molecule has 3 heterocycles. The molecule has 1 saturated carbocycles. The summed E-state index contributed by atoms with van der Waals surface area (Å²) in [6.07, 6.45) is 2.48. The van der Waals surface area contributed by atoms with Crippen LogP contribution in [-0.4, -0.2) is 54.4 Å². The monoisotopic (exact) mass is 470 g/mol. The molecule has 0 unspecified atom stereocenters. The van der Waals surface area contributed by atoms with Crippen molar-refractivity contribution in [1.29, 1.82) is 0 Å². The number of alkyl halides is 2. The number of ether oxygens (including phenoxy) is 1. The summed E-state index contributed by atoms with van der Waals surface area (Å²) in [6, 6.07) is 7.71. The Morgan fingerprint density at radius 1 is 1.24 bits per heavy atom. The SMILES string of the molecule is COc1nc(N[C@H]2CC[C@](C)(O)CC2)nn2ccc(-c3ccc4nc(C)n(CC(F)F)c4c3)c12. The second kappa shape index (κ2) is 8.50. The fourth-order valence-electron chi connectivity index (χ4n) is 4.77. The molecule has 180 valence electrons. The van der Waals surface area contributed by atoms with Crippen molar-refractivity contribution >= 4 is 22.5 Å². The Morgan fingerprint density at radius 3 is 2.71 bits per heavy atom. The molecule has 2 N–H and O–H groups in total. The Balaban J connectivity index is 1.51. The van der Waals surface area contributed by atoms with Gasteiger partial charge in [0.25, 0.3) is 6.43 Å². The highest BCUT2D eigenvalue weighted by Crippen LogP contribution is 2.34. The van der Waals surface area contributed by atoms with Gasteiger partial charge < -0.3 is 19.7 Å². The van der Waals surface area contributed by atoms with Gasteiger partial charge in [0, 0.05) is 17.8 Å². The number of aromatic nitrogens is 5. The number of benzene rings is 1. The molecule has 0 aliphatic heterocycles. The number of aliphatic hydroxyl groups is 1. The highest BCUT2D eigenvalue weighted by molar-refractivity contribution is 5.89. The first kappa shape index (κ1) is 22.5. The summed E-state index contributed by atoms with van der Waals surface area (Å²) < 4.78 is 35.1. The summed E-state index contributed by atoms with van der Waals surface area (Å²) in [5, 5.41) is 18.2. The molecule has 3 aromatic heterocycles. The summed E-state index contributed by atoms with van der Waals surface area (Å²) in [4.78, 5) is 9.00. The highest BCUT2D eigenvalue weighted by atomic mass is 19.3. The number of hydrogen-bond donors (Lipinski definition) is 2. The molecule has 1 aromatic carbocycles. The van der Waals surface area contributed by atoms with Gasteiger partial charge in [-0.25, -0.2) is 18.3 Å². The van der Waals surface area contributed by atoms with Gasteiger partial charge in [0.15, 0.2) is 0 Å². The lowest BCUT2D eigenvalue weighted by Gasteiger charge is -2.33. The lowest BCUT2D eigenvalue weighted by Crippen LogP contribution is -2.36. The molecule has 1 fully saturated rings. The fraction of sp³-hybridized carbons (Fsp3) is 0.458. The molecule has 0 atom stereocenters. The first-order valence-corrected chi connectivity index (χ1v) is 11.4. The van der Waals surface area contributed by atoms with Crippen molar-refractivity contribution in [2.24, 2.45) is 0 Å². The molecule has 0 radical (unpaired) electrons. The largest absolute Gasteiger partial charge is 0.479 e. The van der Waals surface area contributed by atoms with Gasteiger partial charge in [0.2, 0.25) is 11.8 Å². The molecule has 0 saturated heterocycles. The molecule has 0 bridgehead atoms. The van der Waals surface area contributed by atoms with Gasteiger partial charge in [-0.15, -0.1) is 5.10 Å². The van der Waals surface area contributed by atoms with E-state index in [0.29, 0.717) is 34.2 Å². The Hall–Kier alpha value is -3.27. The van der Waals surface area contributed by atoms with E-state index < -0.39 is 18.6 Å². The van der Waals surface area contributed by atoms with Crippen molar-refractivity contribution < 1.29 is 18.6 Å². The van der Waals surface area contributed by atoms with Crippen LogP contribution in [0.2, 0.25) is 0 Å². The summed E-state index contributed by atoms with van der Waals surface area (Å²) in [7, 11) is 1.56. The molecule has 10 heteroatoms. The molecule has 1 aliphatic rings. The summed E-state index contributed by atoms with van der Waals surface area (Å²) in [5.74, 6) is 1.42. The summed E-state index contributed by atoms with van der Waals surface area (Å²) in [6.45, 7) is 3.20. The second-order valence-electron chi connectivity index (χ2n) is 9.25. The second-order valence-corrected chi connectivity index (χ2v) is 9.25. The predicted octanol–water partition coefficient (Wildman–Crippen LogP) is 4.43. The molecule has 0 amide bonds. The molecule has 4 aromatic rings. The van der Waals surface area contributed by atoms with E-state index in [1.54, 1.807) is 23.1 Å². The van der Waals surface area contributed by atoms with Gasteiger partial charge in [0.1, 0.15) is 11.3 Å². The van der Waals surface area contributed by atoms with Crippen LogP contribution in [0.4, 0.5) is 14.7 Å². The Morgan fingerprint density at radius 2 is 2.00 bits per heavy atom. The fourth-order valence-corrected chi connectivity index (χ4v) is 4.77. The summed E-state index contributed by atoms with van der Waals surface area (Å²) in [5.41, 5.74) is 3.08. The van der Waals surface area contributed by atoms with Crippen LogP contribution in [0.3, 0.4) is 0 Å². The number of nitrogens with zero attached hydrogens (tertiary/aromatic N) is 5. The minimum atomic E-state index is -2.47. The number of rotatable bonds is 6. The number of halogens is 2. The van der Waals surface area contributed by atoms with Crippen molar-refractivity contribution in [2.75, 3.05) is 12.4 Å². The van der Waals surface area contributed by atoms with Gasteiger partial charge in [-0.2, -0.15) is 4.98 Å². The minimum Gasteiger partial charge on any atom is -0.479 e. The van der Waals surface area contributed by atoms with E-state index >= 15 is 0 Å². The van der Waals surface area contributed by atoms with E-state index in [-0.39, 0.29) is 6.04 Å². The third-order valence-electron chi connectivity index (χ3n) is 6.64. The number of hydrogen-bond acceptors (Lipinski definition) is 6. The molecule has 5 rings (SSSR count). The number of nitrogens with one attached hydrogen (secondary N) is 1. The van der Waals surface area contributed by atoms with Gasteiger partial charge >= 0.3 is 0 Å². The van der Waals surface area contributed by atoms with Gasteiger partial charge in [0.05, 0.1) is 30.3 Å². The molecule has 1 aliphatic carbocycles. The zero-order valence-electron chi connectivity index (χ0n) is 19.4. The Kier molecular flexibility index (Phi) is 5.63. The van der Waals surface area contributed by atoms with E-state index in [9.17, 15) is 13.9 Å². The lowest BCUT2D eigenvalue weighted by molar-refractivity contribution is 0.0195. The van der Waals surface area contributed by atoms with Crippen LogP contribution in [0.5, 0.6) is 5.88 Å². The van der Waals surface area contributed by atoms with Crippen molar-refractivity contribution in [1.82, 2.24) is 24.1 Å². The number of fused-ring (bicyclic) bond motifs is 2. The van der Waals surface area contributed by atoms with Crippen molar-refractivity contribution in [3.05, 3.63) is 36.3 Å². The third-order valence-corrected chi connectivity index (χ3v) is 6.64. The maximum absolute atomic E-state index is 13.1. The quantitative estimate of drug-likeness (QED) is 0.433. The molecular weight excluding hydrogens is 442 g/mol. The van der Waals surface area contributed by atoms with Gasteiger partial charge in [-0.3, -0.25) is 0 Å². The van der Waals surface area contributed by atoms with Crippen molar-refractivity contribution in [2.45, 2.75) is 64.1 Å². The first-order chi connectivity index (χ1) is 16.2. The number of aryl methyl sites for hydroxylation is 1. The van der Waals surface area contributed by atoms with Crippen molar-refractivity contribution in [3.8, 4) is 17.0 Å². The van der Waals surface area contributed by atoms with E-state index in [1.165, 1.54) is 0 Å². The zero-order valence-corrected chi connectivity index (χ0v) is 19.4. The normalized spacial score (nSPS) is 21.0. The average molecular weight is 471 g/mol. The molecule has 0 spiro atoms. The molecule has 34 heavy (non-hydrogen) atoms. The smallest absolute Gasteiger partial charge is 0.256 e. The standard InChI is InChI=1S/C24H28F2N6O2/c1-14-27-18-5-4-15(12-19(18)31(14)13-20(25)26)17-8-11-32-21(17)22(34-3)29-23(30-32)28-16-6-9-24(2,33)10-7-16/h4-5,8,11-12,16,20,33H,6-7,9-10,13H2,1-3H3,(H,28,30)/t16-,24-. The minimum absolute atomic E-state index is 0.179. The first-order valence-electron chi connectivity index (χ1n) is 11.4. The molecular formula is C24H28F2N6O2. The number of methoxy groups -OCH3 is 1. The van der Waals surface area contributed by atoms with E-state index in [2.05, 4.69) is 20.4 Å². The Labute approximate surface area is 195 Å². The van der Waals surface area contributed by atoms with E-state index in [1.807, 2.05) is 37.4 Å². The number of anilines is 1. The van der Waals surface area contributed by atoms with Crippen LogP contribution in [0, 0.1) is 6.92 Å². The Bertz CT molecular complexity index is 1340. The van der Waals surface area contributed by atoms with Crippen LogP contribution < -0.4 is 10.1 Å². The molecule has 8 nitrogen and oxygen atoms in total. The van der Waals surface area contributed by atoms with Crippen LogP contribution in [0.1, 0.15) is 38.4 Å². The van der Waals surface area contributed by atoms with Crippen LogP contribution in [0.15, 0.2) is 30.5 Å². The van der Waals surface area contributed by atoms with Crippen molar-refractivity contribution in [3.63, 3.8) is 0 Å². The topological polar surface area (TPSA) is 89.5 Å². The van der Waals surface area contributed by atoms with Crippen LogP contribution in [-0.2, 0) is 6.54 Å². The van der Waals surface area contributed by atoms with Gasteiger partial charge in [-0.1, -0.05) is 6.07 Å². The lowest BCUT2D eigenvalue weighted by atomic mass is 9.84. The maximum atomic E-state index is 13.1. The van der Waals surface area contributed by atoms with Gasteiger partial charge in [-0.05, 0) is 63.3 Å². The average Bonchev–Trinajstić information content (AvgIpc) is 3.35. The third kappa shape index (κ3) is 4.18. The van der Waals surface area contributed by atoms with Crippen LogP contribution >= 0.6 is 0 Å². The zero-order chi connectivity index (χ0) is 24.0. The van der Waals surface area contributed by atoms with E-state index in [4.69, 9.17) is 4.74 Å². The maximum Gasteiger partial charge on any atom is 0.256 e.